The first kappa shape index (κ1) is 20.1. The summed E-state index contributed by atoms with van der Waals surface area (Å²) in [5, 5.41) is 9.06. The van der Waals surface area contributed by atoms with E-state index in [1.165, 1.54) is 0 Å². The van der Waals surface area contributed by atoms with Crippen LogP contribution in [0.15, 0.2) is 0 Å². The van der Waals surface area contributed by atoms with Crippen molar-refractivity contribution in [3.63, 3.8) is 0 Å². The molecule has 0 atom stereocenters. The van der Waals surface area contributed by atoms with Crippen LogP contribution in [0.4, 0.5) is 0 Å². The third kappa shape index (κ3) is 4.08. The Balaban J connectivity index is 6.02. The van der Waals surface area contributed by atoms with E-state index in [2.05, 4.69) is 52.3 Å². The van der Waals surface area contributed by atoms with Gasteiger partial charge in [-0.05, 0) is 0 Å². The SMILES string of the molecule is CC(C)OP(Cl)(CCC#N)(C(C)C)N(C(C)C)C(C)C. The van der Waals surface area contributed by atoms with E-state index in [9.17, 15) is 0 Å². The zero-order valence-electron chi connectivity index (χ0n) is 14.4. The maximum absolute atomic E-state index is 9.06. The van der Waals surface area contributed by atoms with Crippen molar-refractivity contribution in [1.29, 1.82) is 5.26 Å². The standard InChI is InChI=1S/C15H32ClN2OP/c1-12(2)18(13(3)4)20(16,15(7)8,11-9-10-17)19-14(5)6/h12-15H,9,11H2,1-8H3. The van der Waals surface area contributed by atoms with Gasteiger partial charge in [-0.25, -0.2) is 0 Å². The second-order valence-electron chi connectivity index (χ2n) is 6.56. The van der Waals surface area contributed by atoms with Crippen LogP contribution in [0.1, 0.15) is 61.8 Å². The van der Waals surface area contributed by atoms with Gasteiger partial charge in [0, 0.05) is 0 Å². The van der Waals surface area contributed by atoms with E-state index in [-0.39, 0.29) is 23.8 Å². The number of nitriles is 1. The fourth-order valence-electron chi connectivity index (χ4n) is 3.12. The van der Waals surface area contributed by atoms with Gasteiger partial charge in [-0.2, -0.15) is 0 Å². The van der Waals surface area contributed by atoms with Crippen LogP contribution in [0.3, 0.4) is 0 Å². The van der Waals surface area contributed by atoms with Crippen molar-refractivity contribution < 1.29 is 4.52 Å². The van der Waals surface area contributed by atoms with Gasteiger partial charge >= 0.3 is 130 Å². The van der Waals surface area contributed by atoms with Gasteiger partial charge in [-0.3, -0.25) is 0 Å². The maximum atomic E-state index is 9.06. The van der Waals surface area contributed by atoms with Gasteiger partial charge < -0.3 is 0 Å². The normalized spacial score (nSPS) is 15.2. The molecular formula is C15H32ClN2OP. The van der Waals surface area contributed by atoms with Gasteiger partial charge in [-0.15, -0.1) is 0 Å². The molecule has 120 valence electrons. The summed E-state index contributed by atoms with van der Waals surface area (Å²) in [5.41, 5.74) is 0.184. The first-order valence-corrected chi connectivity index (χ1v) is 10.8. The molecule has 0 saturated heterocycles. The summed E-state index contributed by atoms with van der Waals surface area (Å²) in [6.45, 7) is 16.9. The van der Waals surface area contributed by atoms with Crippen LogP contribution in [0.5, 0.6) is 0 Å². The number of halogens is 1. The van der Waals surface area contributed by atoms with Crippen LogP contribution in [-0.4, -0.2) is 34.7 Å². The van der Waals surface area contributed by atoms with Gasteiger partial charge in [0.15, 0.2) is 0 Å². The van der Waals surface area contributed by atoms with E-state index in [0.29, 0.717) is 12.6 Å². The molecule has 0 aliphatic rings. The molecule has 5 heteroatoms. The van der Waals surface area contributed by atoms with E-state index in [1.807, 2.05) is 13.8 Å². The molecule has 0 aromatic rings. The van der Waals surface area contributed by atoms with E-state index in [0.717, 1.165) is 0 Å². The average molecular weight is 323 g/mol. The predicted octanol–water partition coefficient (Wildman–Crippen LogP) is 5.39. The van der Waals surface area contributed by atoms with Crippen LogP contribution in [0, 0.1) is 11.3 Å². The molecule has 0 bridgehead atoms. The zero-order chi connectivity index (χ0) is 16.2. The van der Waals surface area contributed by atoms with Crippen molar-refractivity contribution in [3.8, 4) is 6.07 Å². The Bertz CT molecular complexity index is 346. The van der Waals surface area contributed by atoms with Crippen molar-refractivity contribution >= 4 is 17.6 Å². The second-order valence-corrected chi connectivity index (χ2v) is 13.1. The molecule has 0 saturated carbocycles. The molecule has 0 fully saturated rings. The van der Waals surface area contributed by atoms with Crippen molar-refractivity contribution in [2.45, 2.75) is 85.7 Å². The van der Waals surface area contributed by atoms with Crippen molar-refractivity contribution in [2.24, 2.45) is 0 Å². The Labute approximate surface area is 130 Å². The summed E-state index contributed by atoms with van der Waals surface area (Å²) in [6, 6.07) is 2.82. The van der Waals surface area contributed by atoms with E-state index >= 15 is 0 Å². The monoisotopic (exact) mass is 322 g/mol. The van der Waals surface area contributed by atoms with Gasteiger partial charge in [0.05, 0.1) is 0 Å². The first-order valence-electron chi connectivity index (χ1n) is 7.57. The molecule has 0 N–H and O–H groups in total. The van der Waals surface area contributed by atoms with Crippen LogP contribution >= 0.6 is 17.6 Å². The molecule has 0 spiro atoms. The van der Waals surface area contributed by atoms with Crippen molar-refractivity contribution in [3.05, 3.63) is 0 Å². The quantitative estimate of drug-likeness (QED) is 0.562. The fourth-order valence-corrected chi connectivity index (χ4v) is 9.94. The molecule has 0 aliphatic heterocycles. The first-order chi connectivity index (χ1) is 9.00. The van der Waals surface area contributed by atoms with Gasteiger partial charge in [0.2, 0.25) is 0 Å². The van der Waals surface area contributed by atoms with E-state index in [1.54, 1.807) is 0 Å². The summed E-state index contributed by atoms with van der Waals surface area (Å²) in [4.78, 5) is 0. The zero-order valence-corrected chi connectivity index (χ0v) is 16.0. The van der Waals surface area contributed by atoms with Gasteiger partial charge in [-0.1, -0.05) is 0 Å². The fraction of sp³-hybridized carbons (Fsp3) is 0.933. The molecule has 0 aromatic heterocycles. The second kappa shape index (κ2) is 7.41. The Hall–Kier alpha value is 0.130. The number of rotatable bonds is 8. The number of hydrogen-bond donors (Lipinski definition) is 0. The average Bonchev–Trinajstić information content (AvgIpc) is 2.24. The molecule has 0 rings (SSSR count). The summed E-state index contributed by atoms with van der Waals surface area (Å²) >= 11 is 7.35. The van der Waals surface area contributed by atoms with Gasteiger partial charge in [0.25, 0.3) is 0 Å². The topological polar surface area (TPSA) is 36.3 Å². The molecule has 20 heavy (non-hydrogen) atoms. The van der Waals surface area contributed by atoms with Crippen LogP contribution in [0.2, 0.25) is 0 Å². The summed E-state index contributed by atoms with van der Waals surface area (Å²) < 4.78 is 8.79. The molecule has 0 unspecified atom stereocenters. The molecule has 0 radical (unpaired) electrons. The van der Waals surface area contributed by atoms with Crippen molar-refractivity contribution in [1.82, 2.24) is 4.67 Å². The van der Waals surface area contributed by atoms with Crippen LogP contribution < -0.4 is 0 Å². The van der Waals surface area contributed by atoms with Crippen LogP contribution in [0.25, 0.3) is 0 Å². The minimum absolute atomic E-state index is 0.0475. The number of hydrogen-bond acceptors (Lipinski definition) is 3. The molecule has 3 nitrogen and oxygen atoms in total. The molecule has 0 aromatic carbocycles. The summed E-state index contributed by atoms with van der Waals surface area (Å²) in [6.07, 6.45) is -2.02. The Morgan fingerprint density at radius 2 is 1.50 bits per heavy atom. The third-order valence-electron chi connectivity index (χ3n) is 3.60. The third-order valence-corrected chi connectivity index (χ3v) is 11.8. The Morgan fingerprint density at radius 3 is 1.75 bits per heavy atom. The number of nitrogens with zero attached hydrogens (tertiary/aromatic N) is 2. The minimum atomic E-state index is -3.13. The predicted molar refractivity (Wildman–Crippen MR) is 91.3 cm³/mol. The van der Waals surface area contributed by atoms with E-state index in [4.69, 9.17) is 21.0 Å². The Kier molecular flexibility index (Phi) is 7.46. The summed E-state index contributed by atoms with van der Waals surface area (Å²) in [5.74, 6) is 0. The van der Waals surface area contributed by atoms with E-state index < -0.39 is 6.33 Å². The molecule has 0 heterocycles. The Morgan fingerprint density at radius 1 is 1.05 bits per heavy atom. The molecular weight excluding hydrogens is 291 g/mol. The molecule has 0 amide bonds. The summed E-state index contributed by atoms with van der Waals surface area (Å²) in [7, 11) is 0. The molecule has 0 aliphatic carbocycles. The van der Waals surface area contributed by atoms with Gasteiger partial charge in [0.1, 0.15) is 0 Å². The van der Waals surface area contributed by atoms with Crippen molar-refractivity contribution in [2.75, 3.05) is 6.16 Å². The van der Waals surface area contributed by atoms with Crippen LogP contribution in [-0.2, 0) is 4.52 Å².